The van der Waals surface area contributed by atoms with Crippen LogP contribution >= 0.6 is 22.7 Å². The van der Waals surface area contributed by atoms with Gasteiger partial charge >= 0.3 is 0 Å². The van der Waals surface area contributed by atoms with E-state index in [9.17, 15) is 4.79 Å². The Bertz CT molecular complexity index is 777. The van der Waals surface area contributed by atoms with E-state index in [1.165, 1.54) is 17.5 Å². The second-order valence-corrected chi connectivity index (χ2v) is 7.40. The molecular weight excluding hydrogens is 324 g/mol. The van der Waals surface area contributed by atoms with Crippen LogP contribution in [0.2, 0.25) is 0 Å². The summed E-state index contributed by atoms with van der Waals surface area (Å²) in [6.45, 7) is 2.12. The van der Waals surface area contributed by atoms with Crippen molar-refractivity contribution in [2.45, 2.75) is 26.3 Å². The fourth-order valence-electron chi connectivity index (χ4n) is 2.26. The van der Waals surface area contributed by atoms with Gasteiger partial charge in [0, 0.05) is 23.6 Å². The van der Waals surface area contributed by atoms with E-state index < -0.39 is 0 Å². The lowest BCUT2D eigenvalue weighted by molar-refractivity contribution is -0.119. The van der Waals surface area contributed by atoms with Crippen LogP contribution in [-0.4, -0.2) is 10.9 Å². The molecule has 0 radical (unpaired) electrons. The number of amides is 1. The highest BCUT2D eigenvalue weighted by atomic mass is 32.1. The maximum atomic E-state index is 11.0. The van der Waals surface area contributed by atoms with Crippen molar-refractivity contribution in [3.05, 3.63) is 63.3 Å². The minimum atomic E-state index is -0.00296. The van der Waals surface area contributed by atoms with Gasteiger partial charge in [-0.15, -0.1) is 22.7 Å². The Morgan fingerprint density at radius 3 is 2.74 bits per heavy atom. The maximum Gasteiger partial charge on any atom is 0.217 e. The molecule has 1 aromatic carbocycles. The molecule has 5 heteroatoms. The fraction of sp³-hybridized carbons (Fsp3) is 0.222. The third-order valence-corrected chi connectivity index (χ3v) is 5.46. The SMILES string of the molecule is CC(=O)NCc1ccc(-c2csc(CCc3ccccc3)n2)s1. The number of hydrogen-bond acceptors (Lipinski definition) is 4. The molecule has 0 saturated carbocycles. The van der Waals surface area contributed by atoms with Gasteiger partial charge in [0.15, 0.2) is 0 Å². The van der Waals surface area contributed by atoms with Crippen molar-refractivity contribution < 1.29 is 4.79 Å². The normalized spacial score (nSPS) is 10.7. The molecule has 3 rings (SSSR count). The minimum Gasteiger partial charge on any atom is -0.351 e. The Morgan fingerprint density at radius 1 is 1.13 bits per heavy atom. The number of carbonyl (C=O) groups excluding carboxylic acids is 1. The number of rotatable bonds is 6. The third-order valence-electron chi connectivity index (χ3n) is 3.45. The predicted octanol–water partition coefficient (Wildman–Crippen LogP) is 4.29. The summed E-state index contributed by atoms with van der Waals surface area (Å²) in [6, 6.07) is 14.6. The van der Waals surface area contributed by atoms with Gasteiger partial charge in [0.25, 0.3) is 0 Å². The third kappa shape index (κ3) is 4.50. The molecule has 118 valence electrons. The number of nitrogens with zero attached hydrogens (tertiary/aromatic N) is 1. The molecule has 23 heavy (non-hydrogen) atoms. The van der Waals surface area contributed by atoms with Crippen LogP contribution < -0.4 is 5.32 Å². The highest BCUT2D eigenvalue weighted by Crippen LogP contribution is 2.29. The monoisotopic (exact) mass is 342 g/mol. The van der Waals surface area contributed by atoms with Crippen LogP contribution in [0, 0.1) is 0 Å². The zero-order valence-corrected chi connectivity index (χ0v) is 14.5. The molecule has 1 N–H and O–H groups in total. The van der Waals surface area contributed by atoms with E-state index in [0.29, 0.717) is 6.54 Å². The van der Waals surface area contributed by atoms with E-state index in [4.69, 9.17) is 4.98 Å². The van der Waals surface area contributed by atoms with Crippen LogP contribution in [-0.2, 0) is 24.2 Å². The van der Waals surface area contributed by atoms with Gasteiger partial charge in [-0.25, -0.2) is 4.98 Å². The first-order chi connectivity index (χ1) is 11.2. The number of benzene rings is 1. The zero-order valence-electron chi connectivity index (χ0n) is 12.9. The van der Waals surface area contributed by atoms with Gasteiger partial charge in [-0.2, -0.15) is 0 Å². The number of nitrogens with one attached hydrogen (secondary N) is 1. The number of thiophene rings is 1. The summed E-state index contributed by atoms with van der Waals surface area (Å²) in [5, 5.41) is 6.11. The fourth-order valence-corrected chi connectivity index (χ4v) is 4.04. The summed E-state index contributed by atoms with van der Waals surface area (Å²) < 4.78 is 0. The second-order valence-electron chi connectivity index (χ2n) is 5.29. The Labute approximate surface area is 144 Å². The maximum absolute atomic E-state index is 11.0. The molecule has 2 heterocycles. The molecule has 0 aliphatic heterocycles. The molecule has 0 bridgehead atoms. The highest BCUT2D eigenvalue weighted by molar-refractivity contribution is 7.16. The largest absolute Gasteiger partial charge is 0.351 e. The number of aryl methyl sites for hydroxylation is 2. The van der Waals surface area contributed by atoms with Gasteiger partial charge in [0.2, 0.25) is 5.91 Å². The molecule has 0 spiro atoms. The first-order valence-electron chi connectivity index (χ1n) is 7.52. The van der Waals surface area contributed by atoms with Crippen molar-refractivity contribution in [1.82, 2.24) is 10.3 Å². The van der Waals surface area contributed by atoms with Crippen LogP contribution in [0.3, 0.4) is 0 Å². The first kappa shape index (κ1) is 15.9. The van der Waals surface area contributed by atoms with Gasteiger partial charge in [-0.1, -0.05) is 30.3 Å². The topological polar surface area (TPSA) is 42.0 Å². The van der Waals surface area contributed by atoms with E-state index in [1.54, 1.807) is 22.7 Å². The Hall–Kier alpha value is -1.98. The number of carbonyl (C=O) groups is 1. The van der Waals surface area contributed by atoms with Crippen LogP contribution in [0.5, 0.6) is 0 Å². The minimum absolute atomic E-state index is 0.00296. The smallest absolute Gasteiger partial charge is 0.217 e. The molecule has 0 fully saturated rings. The average Bonchev–Trinajstić information content (AvgIpc) is 3.21. The lowest BCUT2D eigenvalue weighted by atomic mass is 10.1. The number of thiazole rings is 1. The Morgan fingerprint density at radius 2 is 1.96 bits per heavy atom. The lowest BCUT2D eigenvalue weighted by Crippen LogP contribution is -2.17. The van der Waals surface area contributed by atoms with Gasteiger partial charge in [0.1, 0.15) is 0 Å². The van der Waals surface area contributed by atoms with E-state index in [-0.39, 0.29) is 5.91 Å². The van der Waals surface area contributed by atoms with E-state index in [1.807, 2.05) is 6.07 Å². The van der Waals surface area contributed by atoms with Crippen molar-refractivity contribution >= 4 is 28.6 Å². The molecule has 3 aromatic rings. The van der Waals surface area contributed by atoms with Crippen molar-refractivity contribution in [2.24, 2.45) is 0 Å². The molecule has 0 aliphatic rings. The van der Waals surface area contributed by atoms with Gasteiger partial charge in [0.05, 0.1) is 22.1 Å². The summed E-state index contributed by atoms with van der Waals surface area (Å²) in [5.41, 5.74) is 2.38. The van der Waals surface area contributed by atoms with Crippen molar-refractivity contribution in [3.63, 3.8) is 0 Å². The van der Waals surface area contributed by atoms with Crippen molar-refractivity contribution in [1.29, 1.82) is 0 Å². The number of aromatic nitrogens is 1. The van der Waals surface area contributed by atoms with Crippen LogP contribution in [0.4, 0.5) is 0 Å². The quantitative estimate of drug-likeness (QED) is 0.726. The van der Waals surface area contributed by atoms with Crippen LogP contribution in [0.15, 0.2) is 47.8 Å². The van der Waals surface area contributed by atoms with E-state index >= 15 is 0 Å². The Balaban J connectivity index is 1.61. The van der Waals surface area contributed by atoms with Gasteiger partial charge in [-0.05, 0) is 24.1 Å². The van der Waals surface area contributed by atoms with Crippen LogP contribution in [0.25, 0.3) is 10.6 Å². The van der Waals surface area contributed by atoms with E-state index in [0.717, 1.165) is 28.3 Å². The summed E-state index contributed by atoms with van der Waals surface area (Å²) >= 11 is 3.40. The molecule has 0 saturated heterocycles. The molecule has 0 unspecified atom stereocenters. The summed E-state index contributed by atoms with van der Waals surface area (Å²) in [4.78, 5) is 18.0. The summed E-state index contributed by atoms with van der Waals surface area (Å²) in [6.07, 6.45) is 1.99. The molecule has 1 amide bonds. The summed E-state index contributed by atoms with van der Waals surface area (Å²) in [7, 11) is 0. The average molecular weight is 342 g/mol. The molecule has 3 nitrogen and oxygen atoms in total. The van der Waals surface area contributed by atoms with E-state index in [2.05, 4.69) is 47.1 Å². The molecule has 0 aliphatic carbocycles. The second kappa shape index (κ2) is 7.53. The van der Waals surface area contributed by atoms with Gasteiger partial charge < -0.3 is 5.32 Å². The molecular formula is C18H18N2OS2. The number of hydrogen-bond donors (Lipinski definition) is 1. The first-order valence-corrected chi connectivity index (χ1v) is 9.22. The Kier molecular flexibility index (Phi) is 5.20. The standard InChI is InChI=1S/C18H18N2OS2/c1-13(21)19-11-15-8-9-17(23-15)16-12-22-18(20-16)10-7-14-5-3-2-4-6-14/h2-6,8-9,12H,7,10-11H2,1H3,(H,19,21). The lowest BCUT2D eigenvalue weighted by Gasteiger charge is -1.98. The van der Waals surface area contributed by atoms with Crippen molar-refractivity contribution in [3.8, 4) is 10.6 Å². The molecule has 2 aromatic heterocycles. The molecule has 0 atom stereocenters. The van der Waals surface area contributed by atoms with Crippen molar-refractivity contribution in [2.75, 3.05) is 0 Å². The predicted molar refractivity (Wildman–Crippen MR) is 96.8 cm³/mol. The van der Waals surface area contributed by atoms with Gasteiger partial charge in [-0.3, -0.25) is 4.79 Å². The highest BCUT2D eigenvalue weighted by Gasteiger charge is 2.08. The van der Waals surface area contributed by atoms with Crippen LogP contribution in [0.1, 0.15) is 22.4 Å². The summed E-state index contributed by atoms with van der Waals surface area (Å²) in [5.74, 6) is -0.00296. The zero-order chi connectivity index (χ0) is 16.1.